The van der Waals surface area contributed by atoms with Crippen molar-refractivity contribution in [2.45, 2.75) is 31.3 Å². The standard InChI is InChI=1S/C21H26N4O/c1-24(21(26)23-18-7-3-2-4-8-18)20-17-9-12-25(13-10-17)19(20)14-16-6-5-11-22-15-16/h2-8,11,15,17,19-20H,9-10,12-14H2,1H3,(H,23,26). The number of urea groups is 1. The molecule has 0 aliphatic carbocycles. The average Bonchev–Trinajstić information content (AvgIpc) is 2.70. The van der Waals surface area contributed by atoms with Crippen molar-refractivity contribution in [1.29, 1.82) is 0 Å². The van der Waals surface area contributed by atoms with Crippen molar-refractivity contribution in [1.82, 2.24) is 14.8 Å². The molecule has 0 saturated carbocycles. The van der Waals surface area contributed by atoms with Crippen molar-refractivity contribution in [2.75, 3.05) is 25.5 Å². The molecule has 4 heterocycles. The van der Waals surface area contributed by atoms with Gasteiger partial charge in [0.15, 0.2) is 0 Å². The second-order valence-electron chi connectivity index (χ2n) is 7.40. The molecule has 2 atom stereocenters. The van der Waals surface area contributed by atoms with Gasteiger partial charge in [-0.05, 0) is 62.0 Å². The molecule has 3 saturated heterocycles. The van der Waals surface area contributed by atoms with E-state index in [-0.39, 0.29) is 12.1 Å². The Morgan fingerprint density at radius 1 is 1.19 bits per heavy atom. The Balaban J connectivity index is 1.52. The Kier molecular flexibility index (Phi) is 4.89. The topological polar surface area (TPSA) is 48.5 Å². The zero-order chi connectivity index (χ0) is 17.9. The van der Waals surface area contributed by atoms with Crippen molar-refractivity contribution in [3.63, 3.8) is 0 Å². The van der Waals surface area contributed by atoms with Crippen LogP contribution in [-0.2, 0) is 6.42 Å². The fourth-order valence-electron chi connectivity index (χ4n) is 4.58. The molecule has 0 spiro atoms. The van der Waals surface area contributed by atoms with Gasteiger partial charge in [-0.25, -0.2) is 4.79 Å². The van der Waals surface area contributed by atoms with Crippen LogP contribution < -0.4 is 5.32 Å². The molecule has 2 unspecified atom stereocenters. The van der Waals surface area contributed by atoms with Gasteiger partial charge in [-0.15, -0.1) is 0 Å². The SMILES string of the molecule is CN(C(=O)Nc1ccccc1)C1C2CCN(CC2)C1Cc1cccnc1. The first-order valence-corrected chi connectivity index (χ1v) is 9.44. The van der Waals surface area contributed by atoms with Gasteiger partial charge in [-0.3, -0.25) is 9.88 Å². The Morgan fingerprint density at radius 2 is 1.96 bits per heavy atom. The number of fused-ring (bicyclic) bond motifs is 3. The number of likely N-dealkylation sites (N-methyl/N-ethyl adjacent to an activating group) is 1. The molecule has 5 rings (SSSR count). The van der Waals surface area contributed by atoms with E-state index >= 15 is 0 Å². The molecule has 1 N–H and O–H groups in total. The van der Waals surface area contributed by atoms with Crippen LogP contribution in [0.2, 0.25) is 0 Å². The Bertz CT molecular complexity index is 728. The number of piperidine rings is 3. The summed E-state index contributed by atoms with van der Waals surface area (Å²) in [5.74, 6) is 0.577. The third-order valence-corrected chi connectivity index (χ3v) is 5.88. The van der Waals surface area contributed by atoms with E-state index in [1.54, 1.807) is 0 Å². The summed E-state index contributed by atoms with van der Waals surface area (Å²) < 4.78 is 0. The van der Waals surface area contributed by atoms with Crippen molar-refractivity contribution in [2.24, 2.45) is 5.92 Å². The summed E-state index contributed by atoms with van der Waals surface area (Å²) in [6.45, 7) is 2.28. The maximum atomic E-state index is 12.9. The maximum Gasteiger partial charge on any atom is 0.321 e. The van der Waals surface area contributed by atoms with Gasteiger partial charge in [-0.1, -0.05) is 24.3 Å². The first kappa shape index (κ1) is 17.0. The van der Waals surface area contributed by atoms with Crippen LogP contribution in [0.25, 0.3) is 0 Å². The molecule has 0 radical (unpaired) electrons. The Hall–Kier alpha value is -2.40. The van der Waals surface area contributed by atoms with Gasteiger partial charge in [0.2, 0.25) is 0 Å². The molecule has 136 valence electrons. The molecule has 3 fully saturated rings. The van der Waals surface area contributed by atoms with E-state index < -0.39 is 0 Å². The third kappa shape index (κ3) is 3.44. The monoisotopic (exact) mass is 350 g/mol. The van der Waals surface area contributed by atoms with E-state index in [1.807, 2.05) is 60.7 Å². The number of amides is 2. The fourth-order valence-corrected chi connectivity index (χ4v) is 4.58. The molecular formula is C21H26N4O. The second kappa shape index (κ2) is 7.46. The number of nitrogens with zero attached hydrogens (tertiary/aromatic N) is 3. The predicted octanol–water partition coefficient (Wildman–Crippen LogP) is 3.25. The predicted molar refractivity (Wildman–Crippen MR) is 103 cm³/mol. The lowest BCUT2D eigenvalue weighted by Crippen LogP contribution is -2.64. The summed E-state index contributed by atoms with van der Waals surface area (Å²) in [4.78, 5) is 21.6. The number of nitrogens with one attached hydrogen (secondary N) is 1. The van der Waals surface area contributed by atoms with Crippen molar-refractivity contribution in [3.8, 4) is 0 Å². The number of hydrogen-bond donors (Lipinski definition) is 1. The molecule has 1 aromatic heterocycles. The van der Waals surface area contributed by atoms with Gasteiger partial charge in [0.25, 0.3) is 0 Å². The fraction of sp³-hybridized carbons (Fsp3) is 0.429. The van der Waals surface area contributed by atoms with Crippen molar-refractivity contribution < 1.29 is 4.79 Å². The number of carbonyl (C=O) groups excluding carboxylic acids is 1. The minimum atomic E-state index is -0.0221. The lowest BCUT2D eigenvalue weighted by molar-refractivity contribution is -0.0198. The largest absolute Gasteiger partial charge is 0.323 e. The van der Waals surface area contributed by atoms with E-state index in [2.05, 4.69) is 21.3 Å². The van der Waals surface area contributed by atoms with Crippen molar-refractivity contribution in [3.05, 3.63) is 60.4 Å². The lowest BCUT2D eigenvalue weighted by Gasteiger charge is -2.53. The molecule has 5 heteroatoms. The molecule has 2 bridgehead atoms. The Labute approximate surface area is 155 Å². The summed E-state index contributed by atoms with van der Waals surface area (Å²) in [7, 11) is 1.95. The summed E-state index contributed by atoms with van der Waals surface area (Å²) >= 11 is 0. The van der Waals surface area contributed by atoms with Crippen LogP contribution in [0, 0.1) is 5.92 Å². The molecule has 26 heavy (non-hydrogen) atoms. The lowest BCUT2D eigenvalue weighted by atomic mass is 9.76. The number of aromatic nitrogens is 1. The normalized spacial score (nSPS) is 27.1. The average molecular weight is 350 g/mol. The zero-order valence-electron chi connectivity index (χ0n) is 15.2. The first-order chi connectivity index (χ1) is 12.7. The van der Waals surface area contributed by atoms with Crippen LogP contribution in [0.4, 0.5) is 10.5 Å². The third-order valence-electron chi connectivity index (χ3n) is 5.88. The van der Waals surface area contributed by atoms with Gasteiger partial charge >= 0.3 is 6.03 Å². The minimum absolute atomic E-state index is 0.0221. The summed E-state index contributed by atoms with van der Waals surface area (Å²) in [6, 6.07) is 14.4. The molecular weight excluding hydrogens is 324 g/mol. The van der Waals surface area contributed by atoms with E-state index in [9.17, 15) is 4.79 Å². The van der Waals surface area contributed by atoms with Crippen LogP contribution in [0.3, 0.4) is 0 Å². The summed E-state index contributed by atoms with van der Waals surface area (Å²) in [5.41, 5.74) is 2.08. The van der Waals surface area contributed by atoms with Gasteiger partial charge in [0.05, 0.1) is 6.04 Å². The molecule has 3 aliphatic rings. The van der Waals surface area contributed by atoms with E-state index in [4.69, 9.17) is 0 Å². The highest BCUT2D eigenvalue weighted by molar-refractivity contribution is 5.89. The van der Waals surface area contributed by atoms with E-state index in [0.717, 1.165) is 25.2 Å². The highest BCUT2D eigenvalue weighted by Crippen LogP contribution is 2.36. The van der Waals surface area contributed by atoms with Crippen LogP contribution in [-0.4, -0.2) is 53.0 Å². The summed E-state index contributed by atoms with van der Waals surface area (Å²) in [6.07, 6.45) is 7.06. The second-order valence-corrected chi connectivity index (χ2v) is 7.40. The number of pyridine rings is 1. The number of hydrogen-bond acceptors (Lipinski definition) is 3. The van der Waals surface area contributed by atoms with Gasteiger partial charge in [0, 0.05) is 31.2 Å². The highest BCUT2D eigenvalue weighted by Gasteiger charge is 2.45. The number of rotatable bonds is 4. The highest BCUT2D eigenvalue weighted by atomic mass is 16.2. The molecule has 1 aromatic carbocycles. The van der Waals surface area contributed by atoms with Crippen molar-refractivity contribution >= 4 is 11.7 Å². The maximum absolute atomic E-state index is 12.9. The molecule has 2 aromatic rings. The van der Waals surface area contributed by atoms with Gasteiger partial charge < -0.3 is 10.2 Å². The number of para-hydroxylation sites is 1. The zero-order valence-corrected chi connectivity index (χ0v) is 15.2. The van der Waals surface area contributed by atoms with Gasteiger partial charge in [0.1, 0.15) is 0 Å². The van der Waals surface area contributed by atoms with E-state index in [1.165, 1.54) is 18.4 Å². The molecule has 3 aliphatic heterocycles. The summed E-state index contributed by atoms with van der Waals surface area (Å²) in [5, 5.41) is 3.04. The Morgan fingerprint density at radius 3 is 2.65 bits per heavy atom. The number of anilines is 1. The number of carbonyl (C=O) groups is 1. The molecule has 2 amide bonds. The number of benzene rings is 1. The van der Waals surface area contributed by atoms with Gasteiger partial charge in [-0.2, -0.15) is 0 Å². The van der Waals surface area contributed by atoms with Crippen LogP contribution >= 0.6 is 0 Å². The van der Waals surface area contributed by atoms with Crippen LogP contribution in [0.5, 0.6) is 0 Å². The first-order valence-electron chi connectivity index (χ1n) is 9.44. The quantitative estimate of drug-likeness (QED) is 0.921. The van der Waals surface area contributed by atoms with Crippen LogP contribution in [0.1, 0.15) is 18.4 Å². The van der Waals surface area contributed by atoms with E-state index in [0.29, 0.717) is 12.0 Å². The molecule has 5 nitrogen and oxygen atoms in total. The minimum Gasteiger partial charge on any atom is -0.323 e. The van der Waals surface area contributed by atoms with Crippen LogP contribution in [0.15, 0.2) is 54.9 Å². The smallest absolute Gasteiger partial charge is 0.321 e.